The lowest BCUT2D eigenvalue weighted by Crippen LogP contribution is -2.29. The van der Waals surface area contributed by atoms with E-state index in [4.69, 9.17) is 4.74 Å². The quantitative estimate of drug-likeness (QED) is 0.466. The number of esters is 1. The van der Waals surface area contributed by atoms with E-state index in [1.807, 2.05) is 0 Å². The molecule has 0 bridgehead atoms. The molecule has 5 heteroatoms. The molecular weight excluding hydrogens is 246 g/mol. The molecular formula is C14H13NO4. The number of benzene rings is 1. The molecule has 2 amide bonds. The van der Waals surface area contributed by atoms with E-state index in [-0.39, 0.29) is 30.9 Å². The first-order chi connectivity index (χ1) is 9.11. The summed E-state index contributed by atoms with van der Waals surface area (Å²) in [6.07, 6.45) is 3.23. The molecule has 1 heterocycles. The highest BCUT2D eigenvalue weighted by Gasteiger charge is 2.33. The predicted octanol–water partition coefficient (Wildman–Crippen LogP) is 1.40. The number of carbonyl (C=O) groups is 3. The van der Waals surface area contributed by atoms with E-state index in [1.54, 1.807) is 36.4 Å². The van der Waals surface area contributed by atoms with E-state index < -0.39 is 0 Å². The summed E-state index contributed by atoms with van der Waals surface area (Å²) in [5.74, 6) is -0.958. The highest BCUT2D eigenvalue weighted by molar-refractivity contribution is 6.21. The molecule has 1 aliphatic heterocycles. The van der Waals surface area contributed by atoms with Crippen LogP contribution in [-0.2, 0) is 9.53 Å². The zero-order valence-electron chi connectivity index (χ0n) is 10.5. The molecule has 1 aromatic rings. The summed E-state index contributed by atoms with van der Waals surface area (Å²) in [5, 5.41) is 0. The van der Waals surface area contributed by atoms with Gasteiger partial charge in [0, 0.05) is 13.5 Å². The van der Waals surface area contributed by atoms with E-state index in [2.05, 4.69) is 0 Å². The van der Waals surface area contributed by atoms with Gasteiger partial charge < -0.3 is 4.74 Å². The van der Waals surface area contributed by atoms with Crippen molar-refractivity contribution in [3.05, 3.63) is 47.5 Å². The first-order valence-corrected chi connectivity index (χ1v) is 5.85. The fourth-order valence-corrected chi connectivity index (χ4v) is 1.82. The van der Waals surface area contributed by atoms with Crippen molar-refractivity contribution in [1.82, 2.24) is 4.90 Å². The first kappa shape index (κ1) is 13.0. The maximum absolute atomic E-state index is 12.0. The second-order valence-corrected chi connectivity index (χ2v) is 4.04. The Morgan fingerprint density at radius 2 is 1.74 bits per heavy atom. The summed E-state index contributed by atoms with van der Waals surface area (Å²) >= 11 is 0. The number of hydrogen-bond donors (Lipinski definition) is 0. The number of imide groups is 1. The zero-order valence-corrected chi connectivity index (χ0v) is 10.5. The van der Waals surface area contributed by atoms with Crippen molar-refractivity contribution in [1.29, 1.82) is 0 Å². The minimum absolute atomic E-state index is 0.137. The molecule has 0 aromatic heterocycles. The SMILES string of the molecule is CC(=O)OC/C=C/CN1C(=O)c2ccccc2C1=O. The van der Waals surface area contributed by atoms with Crippen LogP contribution in [0.1, 0.15) is 27.6 Å². The minimum Gasteiger partial charge on any atom is -0.462 e. The summed E-state index contributed by atoms with van der Waals surface area (Å²) in [5.41, 5.74) is 0.863. The van der Waals surface area contributed by atoms with Gasteiger partial charge in [0.05, 0.1) is 11.1 Å². The van der Waals surface area contributed by atoms with Crippen molar-refractivity contribution < 1.29 is 19.1 Å². The van der Waals surface area contributed by atoms with Gasteiger partial charge in [-0.15, -0.1) is 0 Å². The number of fused-ring (bicyclic) bond motifs is 1. The van der Waals surface area contributed by atoms with Gasteiger partial charge in [-0.05, 0) is 18.2 Å². The lowest BCUT2D eigenvalue weighted by atomic mass is 10.1. The standard InChI is InChI=1S/C14H13NO4/c1-10(16)19-9-5-4-8-15-13(17)11-6-2-3-7-12(11)14(15)18/h2-7H,8-9H2,1H3/b5-4+. The largest absolute Gasteiger partial charge is 0.462 e. The van der Waals surface area contributed by atoms with Gasteiger partial charge in [-0.2, -0.15) is 0 Å². The molecule has 0 atom stereocenters. The summed E-state index contributed by atoms with van der Waals surface area (Å²) in [4.78, 5) is 35.6. The van der Waals surface area contributed by atoms with Crippen LogP contribution in [0.15, 0.2) is 36.4 Å². The molecule has 1 aromatic carbocycles. The molecule has 1 aliphatic rings. The third-order valence-electron chi connectivity index (χ3n) is 2.72. The van der Waals surface area contributed by atoms with Crippen molar-refractivity contribution >= 4 is 17.8 Å². The number of rotatable bonds is 4. The van der Waals surface area contributed by atoms with E-state index >= 15 is 0 Å². The Hall–Kier alpha value is -2.43. The first-order valence-electron chi connectivity index (χ1n) is 5.85. The number of hydrogen-bond acceptors (Lipinski definition) is 4. The van der Waals surface area contributed by atoms with Crippen LogP contribution in [0.3, 0.4) is 0 Å². The average molecular weight is 259 g/mol. The van der Waals surface area contributed by atoms with Crippen LogP contribution in [-0.4, -0.2) is 35.8 Å². The summed E-state index contributed by atoms with van der Waals surface area (Å²) < 4.78 is 4.71. The Morgan fingerprint density at radius 3 is 2.26 bits per heavy atom. The molecule has 0 spiro atoms. The molecule has 0 saturated carbocycles. The van der Waals surface area contributed by atoms with E-state index in [0.29, 0.717) is 11.1 Å². The molecule has 98 valence electrons. The van der Waals surface area contributed by atoms with Crippen molar-refractivity contribution in [2.24, 2.45) is 0 Å². The van der Waals surface area contributed by atoms with Gasteiger partial charge in [0.15, 0.2) is 0 Å². The normalized spacial score (nSPS) is 14.1. The molecule has 2 rings (SSSR count). The molecule has 19 heavy (non-hydrogen) atoms. The zero-order chi connectivity index (χ0) is 13.8. The molecule has 0 saturated heterocycles. The van der Waals surface area contributed by atoms with Gasteiger partial charge in [-0.1, -0.05) is 18.2 Å². The van der Waals surface area contributed by atoms with Crippen LogP contribution in [0.4, 0.5) is 0 Å². The Balaban J connectivity index is 1.99. The Morgan fingerprint density at radius 1 is 1.16 bits per heavy atom. The summed E-state index contributed by atoms with van der Waals surface area (Å²) in [6.45, 7) is 1.63. The van der Waals surface area contributed by atoms with Gasteiger partial charge in [-0.3, -0.25) is 19.3 Å². The molecule has 0 radical (unpaired) electrons. The fourth-order valence-electron chi connectivity index (χ4n) is 1.82. The lowest BCUT2D eigenvalue weighted by molar-refractivity contribution is -0.139. The van der Waals surface area contributed by atoms with Gasteiger partial charge in [0.25, 0.3) is 11.8 Å². The summed E-state index contributed by atoms with van der Waals surface area (Å²) in [7, 11) is 0. The minimum atomic E-state index is -0.370. The summed E-state index contributed by atoms with van der Waals surface area (Å²) in [6, 6.07) is 6.73. The highest BCUT2D eigenvalue weighted by atomic mass is 16.5. The Kier molecular flexibility index (Phi) is 3.75. The van der Waals surface area contributed by atoms with Crippen LogP contribution in [0.2, 0.25) is 0 Å². The fraction of sp³-hybridized carbons (Fsp3) is 0.214. The number of ether oxygens (including phenoxy) is 1. The maximum atomic E-state index is 12.0. The van der Waals surface area contributed by atoms with E-state index in [9.17, 15) is 14.4 Å². The second kappa shape index (κ2) is 5.48. The highest BCUT2D eigenvalue weighted by Crippen LogP contribution is 2.21. The third-order valence-corrected chi connectivity index (χ3v) is 2.72. The van der Waals surface area contributed by atoms with Crippen LogP contribution >= 0.6 is 0 Å². The van der Waals surface area contributed by atoms with E-state index in [0.717, 1.165) is 4.90 Å². The molecule has 0 fully saturated rings. The Labute approximate surface area is 110 Å². The molecule has 0 N–H and O–H groups in total. The smallest absolute Gasteiger partial charge is 0.302 e. The van der Waals surface area contributed by atoms with Crippen molar-refractivity contribution in [2.75, 3.05) is 13.2 Å². The predicted molar refractivity (Wildman–Crippen MR) is 67.6 cm³/mol. The van der Waals surface area contributed by atoms with Crippen molar-refractivity contribution in [3.63, 3.8) is 0 Å². The molecule has 0 unspecified atom stereocenters. The van der Waals surface area contributed by atoms with Crippen LogP contribution in [0.25, 0.3) is 0 Å². The van der Waals surface area contributed by atoms with Crippen molar-refractivity contribution in [2.45, 2.75) is 6.92 Å². The number of amides is 2. The molecule has 0 aliphatic carbocycles. The van der Waals surface area contributed by atoms with Crippen LogP contribution in [0, 0.1) is 0 Å². The van der Waals surface area contributed by atoms with Gasteiger partial charge in [-0.25, -0.2) is 0 Å². The Bertz CT molecular complexity index is 527. The van der Waals surface area contributed by atoms with Crippen LogP contribution in [0.5, 0.6) is 0 Å². The maximum Gasteiger partial charge on any atom is 0.302 e. The second-order valence-electron chi connectivity index (χ2n) is 4.04. The monoisotopic (exact) mass is 259 g/mol. The lowest BCUT2D eigenvalue weighted by Gasteiger charge is -2.10. The number of carbonyl (C=O) groups excluding carboxylic acids is 3. The van der Waals surface area contributed by atoms with E-state index in [1.165, 1.54) is 6.92 Å². The van der Waals surface area contributed by atoms with Gasteiger partial charge >= 0.3 is 5.97 Å². The van der Waals surface area contributed by atoms with Gasteiger partial charge in [0.1, 0.15) is 6.61 Å². The average Bonchev–Trinajstić information content (AvgIpc) is 2.63. The van der Waals surface area contributed by atoms with Crippen molar-refractivity contribution in [3.8, 4) is 0 Å². The van der Waals surface area contributed by atoms with Crippen LogP contribution < -0.4 is 0 Å². The topological polar surface area (TPSA) is 63.7 Å². The van der Waals surface area contributed by atoms with Gasteiger partial charge in [0.2, 0.25) is 0 Å². The number of nitrogens with zero attached hydrogens (tertiary/aromatic N) is 1. The molecule has 5 nitrogen and oxygen atoms in total. The third kappa shape index (κ3) is 2.70.